The maximum absolute atomic E-state index is 12.2. The molecule has 162 valence electrons. The maximum atomic E-state index is 12.2. The van der Waals surface area contributed by atoms with Crippen LogP contribution < -0.4 is 20.1 Å². The number of ether oxygens (including phenoxy) is 2. The molecule has 0 aliphatic rings. The van der Waals surface area contributed by atoms with Crippen molar-refractivity contribution in [2.75, 3.05) is 26.2 Å². The molecule has 3 rings (SSSR count). The molecule has 1 unspecified atom stereocenters. The Kier molecular flexibility index (Phi) is 8.91. The molecule has 0 saturated carbocycles. The third-order valence-electron chi connectivity index (χ3n) is 4.52. The Morgan fingerprint density at radius 2 is 1.45 bits per heavy atom. The number of rotatable bonds is 12. The van der Waals surface area contributed by atoms with Crippen molar-refractivity contribution in [3.63, 3.8) is 0 Å². The fourth-order valence-electron chi connectivity index (χ4n) is 2.85. The van der Waals surface area contributed by atoms with E-state index >= 15 is 0 Å². The van der Waals surface area contributed by atoms with Crippen LogP contribution >= 0.6 is 0 Å². The van der Waals surface area contributed by atoms with Gasteiger partial charge in [-0.1, -0.05) is 48.5 Å². The first-order valence-electron chi connectivity index (χ1n) is 10.3. The van der Waals surface area contributed by atoms with E-state index in [2.05, 4.69) is 10.6 Å². The van der Waals surface area contributed by atoms with Gasteiger partial charge in [0.05, 0.1) is 0 Å². The molecule has 6 nitrogen and oxygen atoms in total. The molecule has 0 fully saturated rings. The van der Waals surface area contributed by atoms with E-state index in [-0.39, 0.29) is 12.5 Å². The van der Waals surface area contributed by atoms with E-state index in [0.29, 0.717) is 37.6 Å². The van der Waals surface area contributed by atoms with Gasteiger partial charge in [0, 0.05) is 25.2 Å². The Labute approximate surface area is 182 Å². The summed E-state index contributed by atoms with van der Waals surface area (Å²) < 4.78 is 11.2. The van der Waals surface area contributed by atoms with E-state index in [4.69, 9.17) is 9.47 Å². The smallest absolute Gasteiger partial charge is 0.251 e. The molecule has 0 aliphatic carbocycles. The molecule has 0 spiro atoms. The van der Waals surface area contributed by atoms with Crippen LogP contribution in [0.4, 0.5) is 0 Å². The lowest BCUT2D eigenvalue weighted by Gasteiger charge is -2.13. The number of nitrogens with one attached hydrogen (secondary N) is 2. The van der Waals surface area contributed by atoms with Crippen molar-refractivity contribution in [2.24, 2.45) is 0 Å². The van der Waals surface area contributed by atoms with Gasteiger partial charge < -0.3 is 25.2 Å². The summed E-state index contributed by atoms with van der Waals surface area (Å²) in [4.78, 5) is 12.2. The molecule has 0 saturated heterocycles. The predicted octanol–water partition coefficient (Wildman–Crippen LogP) is 3.02. The lowest BCUT2D eigenvalue weighted by Crippen LogP contribution is -2.37. The summed E-state index contributed by atoms with van der Waals surface area (Å²) in [5.41, 5.74) is 1.66. The van der Waals surface area contributed by atoms with Crippen molar-refractivity contribution < 1.29 is 19.4 Å². The maximum Gasteiger partial charge on any atom is 0.251 e. The zero-order valence-electron chi connectivity index (χ0n) is 17.4. The summed E-state index contributed by atoms with van der Waals surface area (Å²) in [5.74, 6) is 1.29. The Morgan fingerprint density at radius 3 is 2.16 bits per heavy atom. The molecule has 1 amide bonds. The number of aliphatic hydroxyl groups excluding tert-OH is 1. The van der Waals surface area contributed by atoms with Crippen LogP contribution in [0.1, 0.15) is 15.9 Å². The number of carbonyl (C=O) groups is 1. The molecule has 0 bridgehead atoms. The number of amides is 1. The lowest BCUT2D eigenvalue weighted by molar-refractivity contribution is 0.0950. The van der Waals surface area contributed by atoms with Crippen LogP contribution in [0.2, 0.25) is 0 Å². The number of hydrogen-bond acceptors (Lipinski definition) is 5. The van der Waals surface area contributed by atoms with Crippen LogP contribution in [0.3, 0.4) is 0 Å². The minimum atomic E-state index is -0.626. The summed E-state index contributed by atoms with van der Waals surface area (Å²) >= 11 is 0. The second kappa shape index (κ2) is 12.4. The van der Waals surface area contributed by atoms with Crippen LogP contribution in [-0.4, -0.2) is 43.4 Å². The van der Waals surface area contributed by atoms with Gasteiger partial charge >= 0.3 is 0 Å². The van der Waals surface area contributed by atoms with Gasteiger partial charge in [-0.15, -0.1) is 0 Å². The van der Waals surface area contributed by atoms with Crippen molar-refractivity contribution in [3.8, 4) is 11.5 Å². The van der Waals surface area contributed by atoms with Gasteiger partial charge in [-0.05, 0) is 42.0 Å². The molecule has 0 heterocycles. The van der Waals surface area contributed by atoms with E-state index in [1.165, 1.54) is 0 Å². The van der Waals surface area contributed by atoms with Crippen molar-refractivity contribution in [2.45, 2.75) is 12.7 Å². The zero-order chi connectivity index (χ0) is 21.7. The molecule has 3 aromatic rings. The number of hydrogen-bond donors (Lipinski definition) is 3. The Morgan fingerprint density at radius 1 is 0.806 bits per heavy atom. The van der Waals surface area contributed by atoms with E-state index < -0.39 is 6.10 Å². The second-order valence-corrected chi connectivity index (χ2v) is 7.04. The number of aliphatic hydroxyl groups is 1. The predicted molar refractivity (Wildman–Crippen MR) is 120 cm³/mol. The normalized spacial score (nSPS) is 11.5. The zero-order valence-corrected chi connectivity index (χ0v) is 17.4. The first-order valence-corrected chi connectivity index (χ1v) is 10.3. The van der Waals surface area contributed by atoms with E-state index in [1.807, 2.05) is 60.7 Å². The third kappa shape index (κ3) is 8.12. The van der Waals surface area contributed by atoms with Crippen LogP contribution in [0, 0.1) is 0 Å². The molecule has 0 aromatic heterocycles. The second-order valence-electron chi connectivity index (χ2n) is 7.04. The average Bonchev–Trinajstić information content (AvgIpc) is 2.83. The van der Waals surface area contributed by atoms with Gasteiger partial charge in [-0.3, -0.25) is 4.79 Å². The number of para-hydroxylation sites is 1. The molecule has 3 N–H and O–H groups in total. The Balaban J connectivity index is 1.28. The molecular formula is C25H28N2O4. The van der Waals surface area contributed by atoms with Gasteiger partial charge in [0.25, 0.3) is 5.91 Å². The average molecular weight is 421 g/mol. The molecule has 6 heteroatoms. The quantitative estimate of drug-likeness (QED) is 0.393. The summed E-state index contributed by atoms with van der Waals surface area (Å²) in [6, 6.07) is 26.4. The summed E-state index contributed by atoms with van der Waals surface area (Å²) in [6.45, 7) is 2.09. The minimum absolute atomic E-state index is 0.149. The van der Waals surface area contributed by atoms with E-state index in [0.717, 1.165) is 11.3 Å². The molecule has 31 heavy (non-hydrogen) atoms. The molecule has 0 aliphatic heterocycles. The summed E-state index contributed by atoms with van der Waals surface area (Å²) in [7, 11) is 0. The highest BCUT2D eigenvalue weighted by atomic mass is 16.5. The monoisotopic (exact) mass is 420 g/mol. The van der Waals surface area contributed by atoms with Crippen molar-refractivity contribution in [1.29, 1.82) is 0 Å². The van der Waals surface area contributed by atoms with Crippen molar-refractivity contribution in [3.05, 3.63) is 96.1 Å². The largest absolute Gasteiger partial charge is 0.491 e. The van der Waals surface area contributed by atoms with Crippen molar-refractivity contribution >= 4 is 5.91 Å². The summed E-state index contributed by atoms with van der Waals surface area (Å²) in [6.07, 6.45) is -0.626. The van der Waals surface area contributed by atoms with Gasteiger partial charge in [0.2, 0.25) is 0 Å². The number of benzene rings is 3. The standard InChI is InChI=1S/C25H28N2O4/c28-22(19-31-23-9-5-2-6-10-23)17-26-15-16-27-25(29)21-11-13-24(14-12-21)30-18-20-7-3-1-4-8-20/h1-14,22,26,28H,15-19H2,(H,27,29). The van der Waals surface area contributed by atoms with E-state index in [9.17, 15) is 9.90 Å². The van der Waals surface area contributed by atoms with Crippen LogP contribution in [0.5, 0.6) is 11.5 Å². The highest BCUT2D eigenvalue weighted by molar-refractivity contribution is 5.94. The van der Waals surface area contributed by atoms with Gasteiger partial charge in [0.1, 0.15) is 30.8 Å². The van der Waals surface area contributed by atoms with E-state index in [1.54, 1.807) is 24.3 Å². The first kappa shape index (κ1) is 22.3. The van der Waals surface area contributed by atoms with Gasteiger partial charge in [0.15, 0.2) is 0 Å². The SMILES string of the molecule is O=C(NCCNCC(O)COc1ccccc1)c1ccc(OCc2ccccc2)cc1. The summed E-state index contributed by atoms with van der Waals surface area (Å²) in [5, 5.41) is 15.9. The Hall–Kier alpha value is -3.35. The Bertz CT molecular complexity index is 902. The molecule has 0 radical (unpaired) electrons. The third-order valence-corrected chi connectivity index (χ3v) is 4.52. The molecular weight excluding hydrogens is 392 g/mol. The molecule has 3 aromatic carbocycles. The minimum Gasteiger partial charge on any atom is -0.491 e. The fraction of sp³-hybridized carbons (Fsp3) is 0.240. The number of carbonyl (C=O) groups excluding carboxylic acids is 1. The highest BCUT2D eigenvalue weighted by Crippen LogP contribution is 2.14. The fourth-order valence-corrected chi connectivity index (χ4v) is 2.85. The van der Waals surface area contributed by atoms with Crippen LogP contribution in [0.15, 0.2) is 84.9 Å². The van der Waals surface area contributed by atoms with Crippen LogP contribution in [-0.2, 0) is 6.61 Å². The highest BCUT2D eigenvalue weighted by Gasteiger charge is 2.07. The van der Waals surface area contributed by atoms with Crippen molar-refractivity contribution in [1.82, 2.24) is 10.6 Å². The van der Waals surface area contributed by atoms with Crippen LogP contribution in [0.25, 0.3) is 0 Å². The lowest BCUT2D eigenvalue weighted by atomic mass is 10.2. The van der Waals surface area contributed by atoms with Gasteiger partial charge in [-0.2, -0.15) is 0 Å². The molecule has 1 atom stereocenters. The first-order chi connectivity index (χ1) is 15.2. The van der Waals surface area contributed by atoms with Gasteiger partial charge in [-0.25, -0.2) is 0 Å². The topological polar surface area (TPSA) is 79.8 Å².